The highest BCUT2D eigenvalue weighted by Crippen LogP contribution is 2.21. The van der Waals surface area contributed by atoms with E-state index in [1.807, 2.05) is 49.2 Å². The molecule has 0 bridgehead atoms. The van der Waals surface area contributed by atoms with Crippen LogP contribution in [0.1, 0.15) is 24.1 Å². The first-order chi connectivity index (χ1) is 11.0. The fourth-order valence-corrected chi connectivity index (χ4v) is 2.41. The molecule has 118 valence electrons. The van der Waals surface area contributed by atoms with Crippen LogP contribution in [0.4, 0.5) is 5.69 Å². The molecule has 23 heavy (non-hydrogen) atoms. The minimum atomic E-state index is -0.105. The van der Waals surface area contributed by atoms with Crippen molar-refractivity contribution in [2.45, 2.75) is 13.0 Å². The van der Waals surface area contributed by atoms with E-state index in [9.17, 15) is 4.79 Å². The van der Waals surface area contributed by atoms with E-state index in [-0.39, 0.29) is 18.5 Å². The Balaban J connectivity index is 1.94. The molecule has 0 spiro atoms. The molecule has 0 aliphatic rings. The predicted molar refractivity (Wildman–Crippen MR) is 92.3 cm³/mol. The molecule has 0 heterocycles. The fourth-order valence-electron chi connectivity index (χ4n) is 2.21. The topological polar surface area (TPSA) is 56.1 Å². The van der Waals surface area contributed by atoms with Crippen molar-refractivity contribution in [2.24, 2.45) is 0 Å². The van der Waals surface area contributed by atoms with E-state index in [0.717, 1.165) is 5.56 Å². The number of benzene rings is 2. The first kappa shape index (κ1) is 17.0. The summed E-state index contributed by atoms with van der Waals surface area (Å²) < 4.78 is 0. The molecule has 0 saturated heterocycles. The summed E-state index contributed by atoms with van der Waals surface area (Å²) in [5.41, 5.74) is 2.30. The van der Waals surface area contributed by atoms with E-state index in [1.54, 1.807) is 24.3 Å². The van der Waals surface area contributed by atoms with Gasteiger partial charge in [-0.15, -0.1) is 0 Å². The number of hydrogen-bond donors (Lipinski definition) is 1. The Morgan fingerprint density at radius 1 is 1.30 bits per heavy atom. The highest BCUT2D eigenvalue weighted by atomic mass is 35.5. The summed E-state index contributed by atoms with van der Waals surface area (Å²) in [6, 6.07) is 16.5. The number of carbonyl (C=O) groups is 1. The standard InChI is InChI=1S/C18H18ClN3O/c1-13(15-4-3-5-16(19)10-15)22(2)12-18(23)21-17-8-6-14(11-20)7-9-17/h3-10,13H,12H2,1-2H3,(H,21,23). The number of rotatable bonds is 5. The van der Waals surface area contributed by atoms with Crippen molar-refractivity contribution in [2.75, 3.05) is 18.9 Å². The van der Waals surface area contributed by atoms with Gasteiger partial charge in [0.2, 0.25) is 5.91 Å². The first-order valence-electron chi connectivity index (χ1n) is 7.25. The summed E-state index contributed by atoms with van der Waals surface area (Å²) in [5, 5.41) is 12.3. The van der Waals surface area contributed by atoms with E-state index in [0.29, 0.717) is 16.3 Å². The van der Waals surface area contributed by atoms with E-state index in [2.05, 4.69) is 5.32 Å². The van der Waals surface area contributed by atoms with Gasteiger partial charge in [0.1, 0.15) is 0 Å². The lowest BCUT2D eigenvalue weighted by Crippen LogP contribution is -2.32. The second kappa shape index (κ2) is 7.77. The number of amides is 1. The second-order valence-electron chi connectivity index (χ2n) is 5.38. The van der Waals surface area contributed by atoms with Crippen molar-refractivity contribution in [3.05, 3.63) is 64.7 Å². The average molecular weight is 328 g/mol. The minimum Gasteiger partial charge on any atom is -0.325 e. The Labute approximate surface area is 141 Å². The molecule has 5 heteroatoms. The third-order valence-electron chi connectivity index (χ3n) is 3.68. The molecular formula is C18H18ClN3O. The number of anilines is 1. The third-order valence-corrected chi connectivity index (χ3v) is 3.92. The molecule has 0 fully saturated rings. The molecule has 1 unspecified atom stereocenters. The van der Waals surface area contributed by atoms with Crippen molar-refractivity contribution in [3.8, 4) is 6.07 Å². The van der Waals surface area contributed by atoms with Crippen LogP contribution >= 0.6 is 11.6 Å². The molecule has 0 aromatic heterocycles. The molecule has 0 radical (unpaired) electrons. The fraction of sp³-hybridized carbons (Fsp3) is 0.222. The molecule has 2 rings (SSSR count). The highest BCUT2D eigenvalue weighted by molar-refractivity contribution is 6.30. The Kier molecular flexibility index (Phi) is 5.75. The van der Waals surface area contributed by atoms with Crippen molar-refractivity contribution in [3.63, 3.8) is 0 Å². The van der Waals surface area contributed by atoms with Gasteiger partial charge >= 0.3 is 0 Å². The van der Waals surface area contributed by atoms with Crippen molar-refractivity contribution in [1.82, 2.24) is 4.90 Å². The Hall–Kier alpha value is -2.35. The van der Waals surface area contributed by atoms with Gasteiger partial charge in [0.05, 0.1) is 18.2 Å². The Morgan fingerprint density at radius 3 is 2.61 bits per heavy atom. The van der Waals surface area contributed by atoms with Crippen LogP contribution < -0.4 is 5.32 Å². The maximum atomic E-state index is 12.1. The van der Waals surface area contributed by atoms with E-state index in [4.69, 9.17) is 16.9 Å². The molecule has 0 saturated carbocycles. The maximum Gasteiger partial charge on any atom is 0.238 e. The Bertz CT molecular complexity index is 722. The quantitative estimate of drug-likeness (QED) is 0.907. The highest BCUT2D eigenvalue weighted by Gasteiger charge is 2.15. The third kappa shape index (κ3) is 4.82. The van der Waals surface area contributed by atoms with Gasteiger partial charge in [-0.05, 0) is 55.9 Å². The lowest BCUT2D eigenvalue weighted by atomic mass is 10.1. The van der Waals surface area contributed by atoms with Crippen LogP contribution in [0.15, 0.2) is 48.5 Å². The molecule has 2 aromatic rings. The largest absolute Gasteiger partial charge is 0.325 e. The summed E-state index contributed by atoms with van der Waals surface area (Å²) in [6.45, 7) is 2.29. The second-order valence-corrected chi connectivity index (χ2v) is 5.82. The summed E-state index contributed by atoms with van der Waals surface area (Å²) in [6.07, 6.45) is 0. The van der Waals surface area contributed by atoms with Gasteiger partial charge in [-0.2, -0.15) is 5.26 Å². The maximum absolute atomic E-state index is 12.1. The SMILES string of the molecule is CC(c1cccc(Cl)c1)N(C)CC(=O)Nc1ccc(C#N)cc1. The normalized spacial score (nSPS) is 11.8. The van der Waals surface area contributed by atoms with Crippen molar-refractivity contribution in [1.29, 1.82) is 5.26 Å². The molecule has 0 aliphatic carbocycles. The number of nitriles is 1. The number of carbonyl (C=O) groups excluding carboxylic acids is 1. The van der Waals surface area contributed by atoms with Crippen LogP contribution in [0.5, 0.6) is 0 Å². The van der Waals surface area contributed by atoms with Gasteiger partial charge < -0.3 is 5.32 Å². The number of likely N-dealkylation sites (N-methyl/N-ethyl adjacent to an activating group) is 1. The van der Waals surface area contributed by atoms with Gasteiger partial charge in [0, 0.05) is 16.8 Å². The zero-order valence-corrected chi connectivity index (χ0v) is 13.8. The molecule has 1 atom stereocenters. The molecule has 1 N–H and O–H groups in total. The summed E-state index contributed by atoms with van der Waals surface area (Å²) >= 11 is 6.01. The lowest BCUT2D eigenvalue weighted by Gasteiger charge is -2.24. The van der Waals surface area contributed by atoms with Gasteiger partial charge in [-0.3, -0.25) is 9.69 Å². The zero-order chi connectivity index (χ0) is 16.8. The summed E-state index contributed by atoms with van der Waals surface area (Å²) in [7, 11) is 1.89. The number of hydrogen-bond acceptors (Lipinski definition) is 3. The van der Waals surface area contributed by atoms with Crippen LogP contribution in [-0.2, 0) is 4.79 Å². The van der Waals surface area contributed by atoms with Gasteiger partial charge in [-0.25, -0.2) is 0 Å². The number of nitrogens with one attached hydrogen (secondary N) is 1. The predicted octanol–water partition coefficient (Wildman–Crippen LogP) is 3.84. The van der Waals surface area contributed by atoms with E-state index >= 15 is 0 Å². The van der Waals surface area contributed by atoms with Crippen LogP contribution in [0.3, 0.4) is 0 Å². The first-order valence-corrected chi connectivity index (χ1v) is 7.63. The average Bonchev–Trinajstić information content (AvgIpc) is 2.54. The van der Waals surface area contributed by atoms with E-state index < -0.39 is 0 Å². The number of nitrogens with zero attached hydrogens (tertiary/aromatic N) is 2. The zero-order valence-electron chi connectivity index (χ0n) is 13.1. The Morgan fingerprint density at radius 2 is 2.00 bits per heavy atom. The summed E-state index contributed by atoms with van der Waals surface area (Å²) in [4.78, 5) is 14.1. The van der Waals surface area contributed by atoms with Gasteiger partial charge in [0.15, 0.2) is 0 Å². The monoisotopic (exact) mass is 327 g/mol. The summed E-state index contributed by atoms with van der Waals surface area (Å²) in [5.74, 6) is -0.105. The molecule has 0 aliphatic heterocycles. The van der Waals surface area contributed by atoms with Crippen LogP contribution in [0, 0.1) is 11.3 Å². The molecule has 1 amide bonds. The minimum absolute atomic E-state index is 0.0698. The molecular weight excluding hydrogens is 310 g/mol. The molecule has 4 nitrogen and oxygen atoms in total. The smallest absolute Gasteiger partial charge is 0.238 e. The van der Waals surface area contributed by atoms with Crippen LogP contribution in [-0.4, -0.2) is 24.4 Å². The van der Waals surface area contributed by atoms with Gasteiger partial charge in [0.25, 0.3) is 0 Å². The van der Waals surface area contributed by atoms with Crippen LogP contribution in [0.2, 0.25) is 5.02 Å². The van der Waals surface area contributed by atoms with Crippen LogP contribution in [0.25, 0.3) is 0 Å². The lowest BCUT2D eigenvalue weighted by molar-refractivity contribution is -0.117. The van der Waals surface area contributed by atoms with E-state index in [1.165, 1.54) is 0 Å². The number of halogens is 1. The van der Waals surface area contributed by atoms with Crippen molar-refractivity contribution >= 4 is 23.2 Å². The molecule has 2 aromatic carbocycles. The van der Waals surface area contributed by atoms with Gasteiger partial charge in [-0.1, -0.05) is 23.7 Å². The van der Waals surface area contributed by atoms with Crippen molar-refractivity contribution < 1.29 is 4.79 Å².